The summed E-state index contributed by atoms with van der Waals surface area (Å²) in [7, 11) is 1.27. The Hall–Kier alpha value is -2.08. The molecule has 0 amide bonds. The van der Waals surface area contributed by atoms with Crippen LogP contribution < -0.4 is 0 Å². The van der Waals surface area contributed by atoms with Crippen LogP contribution in [0.15, 0.2) is 47.1 Å². The van der Waals surface area contributed by atoms with Gasteiger partial charge >= 0.3 is 5.97 Å². The monoisotopic (exact) mass is 229 g/mol. The molecule has 0 saturated carbocycles. The number of hydrogen-bond donors (Lipinski definition) is 0. The van der Waals surface area contributed by atoms with E-state index in [0.717, 1.165) is 5.57 Å². The van der Waals surface area contributed by atoms with Gasteiger partial charge in [0.25, 0.3) is 0 Å². The fourth-order valence-corrected chi connectivity index (χ4v) is 1.45. The summed E-state index contributed by atoms with van der Waals surface area (Å²) in [5.41, 5.74) is 1.69. The van der Waals surface area contributed by atoms with E-state index in [-0.39, 0.29) is 5.57 Å². The molecule has 0 heterocycles. The Morgan fingerprint density at radius 2 is 2.00 bits per heavy atom. The first-order valence-corrected chi connectivity index (χ1v) is 5.39. The molecule has 3 nitrogen and oxygen atoms in total. The lowest BCUT2D eigenvalue weighted by Crippen LogP contribution is -2.05. The normalized spacial score (nSPS) is 17.2. The summed E-state index contributed by atoms with van der Waals surface area (Å²) in [6.45, 7) is 4.12. The zero-order valence-corrected chi connectivity index (χ0v) is 10.2. The molecule has 1 rings (SSSR count). The second-order valence-corrected chi connectivity index (χ2v) is 3.95. The molecule has 0 spiro atoms. The zero-order valence-electron chi connectivity index (χ0n) is 10.2. The largest absolute Gasteiger partial charge is 0.465 e. The van der Waals surface area contributed by atoms with E-state index in [1.807, 2.05) is 30.4 Å². The summed E-state index contributed by atoms with van der Waals surface area (Å²) in [6.07, 6.45) is 9.26. The summed E-state index contributed by atoms with van der Waals surface area (Å²) in [5.74, 6) is -0.271. The van der Waals surface area contributed by atoms with E-state index in [1.165, 1.54) is 7.11 Å². The van der Waals surface area contributed by atoms with Gasteiger partial charge in [-0.25, -0.2) is 4.79 Å². The smallest absolute Gasteiger partial charge is 0.349 e. The fourth-order valence-electron chi connectivity index (χ4n) is 1.45. The lowest BCUT2D eigenvalue weighted by Gasteiger charge is -2.06. The van der Waals surface area contributed by atoms with Crippen LogP contribution in [-0.4, -0.2) is 13.1 Å². The van der Waals surface area contributed by atoms with Gasteiger partial charge in [-0.05, 0) is 23.1 Å². The minimum absolute atomic E-state index is 0.0330. The number of carbonyl (C=O) groups is 1. The average Bonchev–Trinajstić information content (AvgIpc) is 2.55. The number of nitriles is 1. The highest BCUT2D eigenvalue weighted by Gasteiger charge is 2.14. The zero-order chi connectivity index (χ0) is 12.8. The molecule has 0 bridgehead atoms. The van der Waals surface area contributed by atoms with Crippen LogP contribution in [0.5, 0.6) is 0 Å². The highest BCUT2D eigenvalue weighted by atomic mass is 16.5. The van der Waals surface area contributed by atoms with Crippen LogP contribution in [0.4, 0.5) is 0 Å². The number of carbonyl (C=O) groups excluding carboxylic acids is 1. The average molecular weight is 229 g/mol. The third-order valence-corrected chi connectivity index (χ3v) is 2.45. The maximum Gasteiger partial charge on any atom is 0.349 e. The summed E-state index contributed by atoms with van der Waals surface area (Å²) in [4.78, 5) is 11.4. The van der Waals surface area contributed by atoms with Crippen LogP contribution in [0.2, 0.25) is 0 Å². The van der Waals surface area contributed by atoms with Gasteiger partial charge in [0.1, 0.15) is 11.6 Å². The Bertz CT molecular complexity index is 471. The van der Waals surface area contributed by atoms with Gasteiger partial charge in [-0.3, -0.25) is 0 Å². The molecule has 0 unspecified atom stereocenters. The summed E-state index contributed by atoms with van der Waals surface area (Å²) >= 11 is 0. The van der Waals surface area contributed by atoms with Gasteiger partial charge in [0, 0.05) is 0 Å². The standard InChI is InChI=1S/C14H15NO2/c1-10(2)11-6-4-5-7-12(8-11)13(9-15)14(16)17-3/h4-8,10H,1-3H3/b13-12-. The lowest BCUT2D eigenvalue weighted by molar-refractivity contribution is -0.135. The van der Waals surface area contributed by atoms with Gasteiger partial charge in [0.2, 0.25) is 0 Å². The Labute approximate surface area is 101 Å². The fraction of sp³-hybridized carbons (Fsp3) is 0.286. The number of nitrogens with zero attached hydrogens (tertiary/aromatic N) is 1. The molecule has 88 valence electrons. The Balaban J connectivity index is 3.29. The minimum atomic E-state index is -0.603. The Morgan fingerprint density at radius 3 is 2.53 bits per heavy atom. The molecule has 0 aromatic heterocycles. The second-order valence-electron chi connectivity index (χ2n) is 3.95. The van der Waals surface area contributed by atoms with E-state index in [2.05, 4.69) is 18.6 Å². The van der Waals surface area contributed by atoms with E-state index >= 15 is 0 Å². The number of ether oxygens (including phenoxy) is 1. The van der Waals surface area contributed by atoms with E-state index in [4.69, 9.17) is 5.26 Å². The minimum Gasteiger partial charge on any atom is -0.465 e. The van der Waals surface area contributed by atoms with Crippen molar-refractivity contribution in [3.63, 3.8) is 0 Å². The molecule has 0 radical (unpaired) electrons. The maximum atomic E-state index is 11.4. The van der Waals surface area contributed by atoms with Crippen molar-refractivity contribution in [2.45, 2.75) is 13.8 Å². The van der Waals surface area contributed by atoms with Crippen LogP contribution >= 0.6 is 0 Å². The van der Waals surface area contributed by atoms with Crippen molar-refractivity contribution in [1.29, 1.82) is 5.26 Å². The van der Waals surface area contributed by atoms with Crippen LogP contribution in [-0.2, 0) is 9.53 Å². The molecule has 1 aliphatic rings. The highest BCUT2D eigenvalue weighted by Crippen LogP contribution is 2.20. The van der Waals surface area contributed by atoms with E-state index in [1.54, 1.807) is 6.08 Å². The van der Waals surface area contributed by atoms with Crippen LogP contribution in [0.1, 0.15) is 13.8 Å². The number of rotatable bonds is 2. The molecule has 17 heavy (non-hydrogen) atoms. The first kappa shape index (κ1) is 13.0. The van der Waals surface area contributed by atoms with Crippen LogP contribution in [0.25, 0.3) is 0 Å². The summed E-state index contributed by atoms with van der Waals surface area (Å²) < 4.78 is 4.59. The molecule has 0 aromatic rings. The van der Waals surface area contributed by atoms with Crippen LogP contribution in [0, 0.1) is 17.2 Å². The first-order valence-electron chi connectivity index (χ1n) is 5.39. The third kappa shape index (κ3) is 3.18. The summed E-state index contributed by atoms with van der Waals surface area (Å²) in [5, 5.41) is 9.00. The molecule has 0 aromatic carbocycles. The first-order chi connectivity index (χ1) is 8.10. The topological polar surface area (TPSA) is 50.1 Å². The molecule has 0 saturated heterocycles. The van der Waals surface area contributed by atoms with Gasteiger partial charge in [-0.2, -0.15) is 5.26 Å². The lowest BCUT2D eigenvalue weighted by atomic mass is 9.99. The molecule has 0 fully saturated rings. The van der Waals surface area contributed by atoms with Crippen molar-refractivity contribution in [3.05, 3.63) is 47.1 Å². The quantitative estimate of drug-likeness (QED) is 0.415. The van der Waals surface area contributed by atoms with Gasteiger partial charge in [0.15, 0.2) is 0 Å². The van der Waals surface area contributed by atoms with Gasteiger partial charge in [-0.15, -0.1) is 0 Å². The third-order valence-electron chi connectivity index (χ3n) is 2.45. The predicted molar refractivity (Wildman–Crippen MR) is 65.9 cm³/mol. The van der Waals surface area contributed by atoms with E-state index in [9.17, 15) is 4.79 Å². The Kier molecular flexibility index (Phi) is 4.47. The van der Waals surface area contributed by atoms with Gasteiger partial charge < -0.3 is 4.74 Å². The second kappa shape index (κ2) is 5.86. The Morgan fingerprint density at radius 1 is 1.35 bits per heavy atom. The van der Waals surface area contributed by atoms with Crippen molar-refractivity contribution in [2.75, 3.05) is 7.11 Å². The van der Waals surface area contributed by atoms with Crippen molar-refractivity contribution >= 4 is 5.97 Å². The molecule has 0 N–H and O–H groups in total. The molecule has 0 atom stereocenters. The van der Waals surface area contributed by atoms with Crippen molar-refractivity contribution < 1.29 is 9.53 Å². The predicted octanol–water partition coefficient (Wildman–Crippen LogP) is 2.69. The highest BCUT2D eigenvalue weighted by molar-refractivity contribution is 5.94. The molecular formula is C14H15NO2. The van der Waals surface area contributed by atoms with Crippen molar-refractivity contribution in [3.8, 4) is 6.07 Å². The van der Waals surface area contributed by atoms with Crippen LogP contribution in [0.3, 0.4) is 0 Å². The van der Waals surface area contributed by atoms with Crippen molar-refractivity contribution in [1.82, 2.24) is 0 Å². The molecule has 3 heteroatoms. The van der Waals surface area contributed by atoms with Crippen molar-refractivity contribution in [2.24, 2.45) is 5.92 Å². The van der Waals surface area contributed by atoms with E-state index < -0.39 is 5.97 Å². The number of hydrogen-bond acceptors (Lipinski definition) is 3. The van der Waals surface area contributed by atoms with Gasteiger partial charge in [-0.1, -0.05) is 38.2 Å². The SMILES string of the molecule is COC(=O)/C(C#N)=C1/C=CC=CC(C(C)C)=C1. The van der Waals surface area contributed by atoms with Gasteiger partial charge in [0.05, 0.1) is 7.11 Å². The maximum absolute atomic E-state index is 11.4. The molecule has 0 aliphatic heterocycles. The number of allylic oxidation sites excluding steroid dienone is 7. The van der Waals surface area contributed by atoms with E-state index in [0.29, 0.717) is 11.5 Å². The molecule has 1 aliphatic carbocycles. The summed E-state index contributed by atoms with van der Waals surface area (Å²) in [6, 6.07) is 1.89. The molecular weight excluding hydrogens is 214 g/mol. The number of esters is 1. The number of methoxy groups -OCH3 is 1.